The van der Waals surface area contributed by atoms with Gasteiger partial charge in [-0.25, -0.2) is 0 Å². The van der Waals surface area contributed by atoms with Crippen LogP contribution in [0.1, 0.15) is 44.3 Å². The van der Waals surface area contributed by atoms with Crippen LogP contribution in [0.25, 0.3) is 0 Å². The van der Waals surface area contributed by atoms with Crippen LogP contribution in [0.15, 0.2) is 6.20 Å². The molecule has 3 rings (SSSR count). The SMILES string of the molecule is CCn1ncc(OC)c1C(NN)C1C2CCCCC21. The fourth-order valence-electron chi connectivity index (χ4n) is 4.02. The Morgan fingerprint density at radius 3 is 2.68 bits per heavy atom. The van der Waals surface area contributed by atoms with Crippen molar-refractivity contribution in [3.8, 4) is 5.75 Å². The molecule has 2 saturated carbocycles. The van der Waals surface area contributed by atoms with Crippen molar-refractivity contribution in [3.05, 3.63) is 11.9 Å². The van der Waals surface area contributed by atoms with Gasteiger partial charge in [0.25, 0.3) is 0 Å². The van der Waals surface area contributed by atoms with E-state index in [1.807, 2.05) is 4.68 Å². The molecule has 0 bridgehead atoms. The predicted molar refractivity (Wildman–Crippen MR) is 73.5 cm³/mol. The molecule has 1 heterocycles. The number of methoxy groups -OCH3 is 1. The average Bonchev–Trinajstić information content (AvgIpc) is 3.02. The van der Waals surface area contributed by atoms with Crippen molar-refractivity contribution < 1.29 is 4.74 Å². The maximum atomic E-state index is 5.86. The Bertz CT molecular complexity index is 411. The second-order valence-corrected chi connectivity index (χ2v) is 5.75. The predicted octanol–water partition coefficient (Wildman–Crippen LogP) is 1.85. The lowest BCUT2D eigenvalue weighted by molar-refractivity contribution is 0.371. The summed E-state index contributed by atoms with van der Waals surface area (Å²) in [7, 11) is 1.70. The van der Waals surface area contributed by atoms with Gasteiger partial charge < -0.3 is 4.74 Å². The van der Waals surface area contributed by atoms with Gasteiger partial charge in [-0.2, -0.15) is 5.10 Å². The third-order valence-electron chi connectivity index (χ3n) is 4.95. The molecule has 1 aromatic heterocycles. The molecule has 0 saturated heterocycles. The number of fused-ring (bicyclic) bond motifs is 1. The van der Waals surface area contributed by atoms with E-state index in [0.717, 1.165) is 29.8 Å². The van der Waals surface area contributed by atoms with Crippen LogP contribution in [0.4, 0.5) is 0 Å². The molecule has 3 N–H and O–H groups in total. The summed E-state index contributed by atoms with van der Waals surface area (Å²) in [6.07, 6.45) is 7.26. The summed E-state index contributed by atoms with van der Waals surface area (Å²) >= 11 is 0. The molecule has 5 heteroatoms. The highest BCUT2D eigenvalue weighted by molar-refractivity contribution is 5.31. The number of hydrogen-bond donors (Lipinski definition) is 2. The summed E-state index contributed by atoms with van der Waals surface area (Å²) in [6, 6.07) is 0.172. The van der Waals surface area contributed by atoms with Crippen LogP contribution in [-0.2, 0) is 6.54 Å². The maximum absolute atomic E-state index is 5.86. The van der Waals surface area contributed by atoms with Crippen molar-refractivity contribution in [3.63, 3.8) is 0 Å². The lowest BCUT2D eigenvalue weighted by atomic mass is 10.0. The van der Waals surface area contributed by atoms with Crippen LogP contribution in [0.3, 0.4) is 0 Å². The molecule has 3 atom stereocenters. The smallest absolute Gasteiger partial charge is 0.161 e. The van der Waals surface area contributed by atoms with Crippen LogP contribution in [0.5, 0.6) is 5.75 Å². The molecule has 106 valence electrons. The molecule has 2 aliphatic rings. The highest BCUT2D eigenvalue weighted by Crippen LogP contribution is 2.60. The van der Waals surface area contributed by atoms with Gasteiger partial charge in [0.05, 0.1) is 25.0 Å². The van der Waals surface area contributed by atoms with Gasteiger partial charge in [-0.1, -0.05) is 12.8 Å². The van der Waals surface area contributed by atoms with Gasteiger partial charge in [0.15, 0.2) is 5.75 Å². The Morgan fingerprint density at radius 1 is 1.47 bits per heavy atom. The molecule has 0 radical (unpaired) electrons. The van der Waals surface area contributed by atoms with Crippen molar-refractivity contribution in [1.82, 2.24) is 15.2 Å². The Morgan fingerprint density at radius 2 is 2.16 bits per heavy atom. The van der Waals surface area contributed by atoms with E-state index in [1.165, 1.54) is 25.7 Å². The molecular weight excluding hydrogens is 240 g/mol. The number of rotatable bonds is 5. The summed E-state index contributed by atoms with van der Waals surface area (Å²) < 4.78 is 7.47. The monoisotopic (exact) mass is 264 g/mol. The summed E-state index contributed by atoms with van der Waals surface area (Å²) in [5.74, 6) is 9.06. The summed E-state index contributed by atoms with van der Waals surface area (Å²) in [5.41, 5.74) is 4.15. The van der Waals surface area contributed by atoms with E-state index in [2.05, 4.69) is 17.4 Å². The largest absolute Gasteiger partial charge is 0.493 e. The number of nitrogens with two attached hydrogens (primary N) is 1. The zero-order chi connectivity index (χ0) is 13.4. The molecule has 0 aliphatic heterocycles. The summed E-state index contributed by atoms with van der Waals surface area (Å²) in [5, 5.41) is 4.40. The Labute approximate surface area is 114 Å². The van der Waals surface area contributed by atoms with Crippen LogP contribution in [0, 0.1) is 17.8 Å². The molecule has 2 fully saturated rings. The molecule has 3 unspecified atom stereocenters. The molecule has 0 amide bonds. The fraction of sp³-hybridized carbons (Fsp3) is 0.786. The first-order chi connectivity index (χ1) is 9.31. The lowest BCUT2D eigenvalue weighted by Gasteiger charge is -2.19. The summed E-state index contributed by atoms with van der Waals surface area (Å²) in [4.78, 5) is 0. The first-order valence-corrected chi connectivity index (χ1v) is 7.37. The zero-order valence-corrected chi connectivity index (χ0v) is 11.8. The molecular formula is C14H24N4O. The van der Waals surface area contributed by atoms with Crippen molar-refractivity contribution >= 4 is 0 Å². The van der Waals surface area contributed by atoms with Gasteiger partial charge in [-0.3, -0.25) is 16.0 Å². The molecule has 0 aromatic carbocycles. The van der Waals surface area contributed by atoms with Crippen molar-refractivity contribution in [2.45, 2.75) is 45.2 Å². The van der Waals surface area contributed by atoms with Gasteiger partial charge in [0, 0.05) is 6.54 Å². The van der Waals surface area contributed by atoms with Crippen molar-refractivity contribution in [2.24, 2.45) is 23.6 Å². The maximum Gasteiger partial charge on any atom is 0.161 e. The van der Waals surface area contributed by atoms with Crippen molar-refractivity contribution in [1.29, 1.82) is 0 Å². The van der Waals surface area contributed by atoms with Crippen LogP contribution >= 0.6 is 0 Å². The number of aryl methyl sites for hydroxylation is 1. The van der Waals surface area contributed by atoms with Gasteiger partial charge >= 0.3 is 0 Å². The van der Waals surface area contributed by atoms with E-state index in [1.54, 1.807) is 13.3 Å². The molecule has 2 aliphatic carbocycles. The van der Waals surface area contributed by atoms with Crippen molar-refractivity contribution in [2.75, 3.05) is 7.11 Å². The number of nitrogens with zero attached hydrogens (tertiary/aromatic N) is 2. The minimum atomic E-state index is 0.172. The molecule has 1 aromatic rings. The Kier molecular flexibility index (Phi) is 3.50. The normalized spacial score (nSPS) is 30.8. The number of aromatic nitrogens is 2. The topological polar surface area (TPSA) is 65.1 Å². The van der Waals surface area contributed by atoms with Crippen LogP contribution < -0.4 is 16.0 Å². The quantitative estimate of drug-likeness (QED) is 0.629. The molecule has 19 heavy (non-hydrogen) atoms. The summed E-state index contributed by atoms with van der Waals surface area (Å²) in [6.45, 7) is 2.95. The zero-order valence-electron chi connectivity index (χ0n) is 11.8. The Hall–Kier alpha value is -1.07. The minimum Gasteiger partial charge on any atom is -0.493 e. The van der Waals surface area contributed by atoms with Crippen LogP contribution in [0.2, 0.25) is 0 Å². The first-order valence-electron chi connectivity index (χ1n) is 7.37. The second kappa shape index (κ2) is 5.13. The van der Waals surface area contributed by atoms with Gasteiger partial charge in [0.1, 0.15) is 0 Å². The van der Waals surface area contributed by atoms with E-state index in [9.17, 15) is 0 Å². The number of ether oxygens (including phenoxy) is 1. The lowest BCUT2D eigenvalue weighted by Crippen LogP contribution is -2.32. The standard InChI is InChI=1S/C14H24N4O/c1-3-18-14(11(19-2)8-16-18)13(17-15)12-9-6-4-5-7-10(9)12/h8-10,12-13,17H,3-7,15H2,1-2H3. The second-order valence-electron chi connectivity index (χ2n) is 5.75. The molecule has 5 nitrogen and oxygen atoms in total. The fourth-order valence-corrected chi connectivity index (χ4v) is 4.02. The van der Waals surface area contributed by atoms with E-state index >= 15 is 0 Å². The van der Waals surface area contributed by atoms with Crippen LogP contribution in [-0.4, -0.2) is 16.9 Å². The molecule has 0 spiro atoms. The van der Waals surface area contributed by atoms with Gasteiger partial charge in [-0.05, 0) is 37.5 Å². The van der Waals surface area contributed by atoms with E-state index < -0.39 is 0 Å². The number of nitrogens with one attached hydrogen (secondary N) is 1. The number of hydrazine groups is 1. The van der Waals surface area contributed by atoms with E-state index in [0.29, 0.717) is 5.92 Å². The third kappa shape index (κ3) is 2.05. The Balaban J connectivity index is 1.88. The average molecular weight is 264 g/mol. The van der Waals surface area contributed by atoms with Gasteiger partial charge in [0.2, 0.25) is 0 Å². The van der Waals surface area contributed by atoms with E-state index in [-0.39, 0.29) is 6.04 Å². The first kappa shape index (κ1) is 12.9. The minimum absolute atomic E-state index is 0.172. The highest BCUT2D eigenvalue weighted by Gasteiger charge is 2.55. The van der Waals surface area contributed by atoms with Gasteiger partial charge in [-0.15, -0.1) is 0 Å². The third-order valence-corrected chi connectivity index (χ3v) is 4.95. The van der Waals surface area contributed by atoms with E-state index in [4.69, 9.17) is 10.6 Å². The number of hydrogen-bond acceptors (Lipinski definition) is 4. The highest BCUT2D eigenvalue weighted by atomic mass is 16.5.